The molecule has 2 heteroatoms. The highest BCUT2D eigenvalue weighted by Crippen LogP contribution is 2.42. The fourth-order valence-electron chi connectivity index (χ4n) is 3.47. The Morgan fingerprint density at radius 2 is 1.76 bits per heavy atom. The fraction of sp³-hybridized carbons (Fsp3) is 0.600. The van der Waals surface area contributed by atoms with Crippen LogP contribution in [0.3, 0.4) is 0 Å². The lowest BCUT2D eigenvalue weighted by atomic mass is 9.81. The largest absolute Gasteiger partial charge is 0.374 e. The standard InChI is InChI=1S/C15H22N2/c1-16-9-7-12(8-10-16)14-11-17(2)15-6-4-3-5-13(14)15/h3-6,12,14H,7-11H2,1-2H3. The highest BCUT2D eigenvalue weighted by atomic mass is 15.1. The van der Waals surface area contributed by atoms with Crippen molar-refractivity contribution in [3.05, 3.63) is 29.8 Å². The summed E-state index contributed by atoms with van der Waals surface area (Å²) in [6.07, 6.45) is 2.73. The summed E-state index contributed by atoms with van der Waals surface area (Å²) in [6, 6.07) is 8.96. The molecular weight excluding hydrogens is 208 g/mol. The van der Waals surface area contributed by atoms with Gasteiger partial charge in [-0.3, -0.25) is 0 Å². The van der Waals surface area contributed by atoms with E-state index in [1.807, 2.05) is 0 Å². The molecule has 1 unspecified atom stereocenters. The Hall–Kier alpha value is -1.02. The first kappa shape index (κ1) is 11.1. The summed E-state index contributed by atoms with van der Waals surface area (Å²) in [5, 5.41) is 0. The molecule has 0 aromatic heterocycles. The smallest absolute Gasteiger partial charge is 0.0399 e. The molecule has 0 amide bonds. The number of nitrogens with zero attached hydrogens (tertiary/aromatic N) is 2. The van der Waals surface area contributed by atoms with Gasteiger partial charge >= 0.3 is 0 Å². The number of hydrogen-bond acceptors (Lipinski definition) is 2. The molecule has 1 atom stereocenters. The Balaban J connectivity index is 1.82. The predicted octanol–water partition coefficient (Wildman–Crippen LogP) is 2.56. The third-order valence-electron chi connectivity index (χ3n) is 4.55. The molecule has 0 spiro atoms. The first-order chi connectivity index (χ1) is 8.25. The number of likely N-dealkylation sites (tertiary alicyclic amines) is 1. The average molecular weight is 230 g/mol. The van der Waals surface area contributed by atoms with E-state index in [9.17, 15) is 0 Å². The van der Waals surface area contributed by atoms with Gasteiger partial charge in [0.15, 0.2) is 0 Å². The van der Waals surface area contributed by atoms with E-state index in [1.165, 1.54) is 38.2 Å². The van der Waals surface area contributed by atoms with Gasteiger partial charge in [0, 0.05) is 25.2 Å². The zero-order valence-electron chi connectivity index (χ0n) is 10.9. The van der Waals surface area contributed by atoms with Gasteiger partial charge in [-0.25, -0.2) is 0 Å². The number of fused-ring (bicyclic) bond motifs is 1. The van der Waals surface area contributed by atoms with E-state index in [0.717, 1.165) is 11.8 Å². The highest BCUT2D eigenvalue weighted by Gasteiger charge is 2.33. The van der Waals surface area contributed by atoms with Crippen LogP contribution in [0.2, 0.25) is 0 Å². The van der Waals surface area contributed by atoms with Crippen LogP contribution in [0.4, 0.5) is 5.69 Å². The monoisotopic (exact) mass is 230 g/mol. The van der Waals surface area contributed by atoms with E-state index in [0.29, 0.717) is 0 Å². The van der Waals surface area contributed by atoms with Crippen LogP contribution in [-0.2, 0) is 0 Å². The second kappa shape index (κ2) is 4.34. The SMILES string of the molecule is CN1CCC(C2CN(C)c3ccccc32)CC1. The summed E-state index contributed by atoms with van der Waals surface area (Å²) in [5.74, 6) is 1.65. The molecule has 92 valence electrons. The van der Waals surface area contributed by atoms with Crippen molar-refractivity contribution in [2.24, 2.45) is 5.92 Å². The van der Waals surface area contributed by atoms with Crippen molar-refractivity contribution in [3.8, 4) is 0 Å². The molecule has 0 aliphatic carbocycles. The maximum Gasteiger partial charge on any atom is 0.0399 e. The van der Waals surface area contributed by atoms with Crippen LogP contribution in [0.15, 0.2) is 24.3 Å². The molecule has 1 saturated heterocycles. The Kier molecular flexibility index (Phi) is 2.83. The molecule has 1 fully saturated rings. The van der Waals surface area contributed by atoms with Gasteiger partial charge in [-0.15, -0.1) is 0 Å². The molecule has 0 saturated carbocycles. The summed E-state index contributed by atoms with van der Waals surface area (Å²) in [5.41, 5.74) is 3.04. The highest BCUT2D eigenvalue weighted by molar-refractivity contribution is 5.59. The molecule has 2 aliphatic rings. The van der Waals surface area contributed by atoms with Crippen LogP contribution in [-0.4, -0.2) is 38.6 Å². The zero-order chi connectivity index (χ0) is 11.8. The van der Waals surface area contributed by atoms with Crippen molar-refractivity contribution >= 4 is 5.69 Å². The lowest BCUT2D eigenvalue weighted by Crippen LogP contribution is -2.33. The Morgan fingerprint density at radius 3 is 2.53 bits per heavy atom. The molecule has 0 N–H and O–H groups in total. The van der Waals surface area contributed by atoms with Crippen LogP contribution >= 0.6 is 0 Å². The number of hydrogen-bond donors (Lipinski definition) is 0. The number of benzene rings is 1. The third kappa shape index (κ3) is 1.95. The zero-order valence-corrected chi connectivity index (χ0v) is 10.9. The number of likely N-dealkylation sites (N-methyl/N-ethyl adjacent to an activating group) is 1. The minimum atomic E-state index is 0.768. The number of piperidine rings is 1. The van der Waals surface area contributed by atoms with Crippen molar-refractivity contribution in [1.82, 2.24) is 4.90 Å². The third-order valence-corrected chi connectivity index (χ3v) is 4.55. The maximum atomic E-state index is 2.46. The summed E-state index contributed by atoms with van der Waals surface area (Å²) in [4.78, 5) is 4.89. The summed E-state index contributed by atoms with van der Waals surface area (Å²) in [6.45, 7) is 3.76. The Bertz CT molecular complexity index is 394. The van der Waals surface area contributed by atoms with Crippen LogP contribution in [0.1, 0.15) is 24.3 Å². The first-order valence-corrected chi connectivity index (χ1v) is 6.74. The van der Waals surface area contributed by atoms with E-state index in [-0.39, 0.29) is 0 Å². The van der Waals surface area contributed by atoms with Gasteiger partial charge in [0.1, 0.15) is 0 Å². The summed E-state index contributed by atoms with van der Waals surface area (Å²) < 4.78 is 0. The van der Waals surface area contributed by atoms with Gasteiger partial charge in [0.2, 0.25) is 0 Å². The molecule has 0 bridgehead atoms. The van der Waals surface area contributed by atoms with E-state index in [2.05, 4.69) is 48.2 Å². The van der Waals surface area contributed by atoms with Gasteiger partial charge in [-0.2, -0.15) is 0 Å². The van der Waals surface area contributed by atoms with Gasteiger partial charge in [0.25, 0.3) is 0 Å². The maximum absolute atomic E-state index is 2.46. The molecular formula is C15H22N2. The van der Waals surface area contributed by atoms with Crippen molar-refractivity contribution in [3.63, 3.8) is 0 Å². The van der Waals surface area contributed by atoms with Crippen molar-refractivity contribution in [2.75, 3.05) is 38.6 Å². The molecule has 2 heterocycles. The second-order valence-electron chi connectivity index (χ2n) is 5.69. The quantitative estimate of drug-likeness (QED) is 0.731. The topological polar surface area (TPSA) is 6.48 Å². The average Bonchev–Trinajstić information content (AvgIpc) is 2.69. The Labute approximate surface area is 104 Å². The van der Waals surface area contributed by atoms with Crippen LogP contribution in [0.5, 0.6) is 0 Å². The number of para-hydroxylation sites is 1. The first-order valence-electron chi connectivity index (χ1n) is 6.74. The molecule has 2 nitrogen and oxygen atoms in total. The van der Waals surface area contributed by atoms with Gasteiger partial charge in [0.05, 0.1) is 0 Å². The molecule has 1 aromatic carbocycles. The normalized spacial score (nSPS) is 26.2. The lowest BCUT2D eigenvalue weighted by Gasteiger charge is -2.32. The number of rotatable bonds is 1. The molecule has 0 radical (unpaired) electrons. The van der Waals surface area contributed by atoms with Crippen molar-refractivity contribution < 1.29 is 0 Å². The number of anilines is 1. The van der Waals surface area contributed by atoms with Crippen molar-refractivity contribution in [2.45, 2.75) is 18.8 Å². The van der Waals surface area contributed by atoms with E-state index < -0.39 is 0 Å². The van der Waals surface area contributed by atoms with Gasteiger partial charge in [-0.1, -0.05) is 18.2 Å². The minimum absolute atomic E-state index is 0.768. The minimum Gasteiger partial charge on any atom is -0.374 e. The van der Waals surface area contributed by atoms with Crippen LogP contribution in [0, 0.1) is 5.92 Å². The van der Waals surface area contributed by atoms with Crippen LogP contribution in [0.25, 0.3) is 0 Å². The lowest BCUT2D eigenvalue weighted by molar-refractivity contribution is 0.201. The fourth-order valence-corrected chi connectivity index (χ4v) is 3.47. The summed E-state index contributed by atoms with van der Waals surface area (Å²) >= 11 is 0. The molecule has 1 aromatic rings. The van der Waals surface area contributed by atoms with E-state index >= 15 is 0 Å². The summed E-state index contributed by atoms with van der Waals surface area (Å²) in [7, 11) is 4.47. The molecule has 3 rings (SSSR count). The van der Waals surface area contributed by atoms with Crippen LogP contribution < -0.4 is 4.90 Å². The van der Waals surface area contributed by atoms with E-state index in [4.69, 9.17) is 0 Å². The molecule has 2 aliphatic heterocycles. The van der Waals surface area contributed by atoms with Gasteiger partial charge in [-0.05, 0) is 50.5 Å². The predicted molar refractivity (Wildman–Crippen MR) is 72.7 cm³/mol. The second-order valence-corrected chi connectivity index (χ2v) is 5.69. The van der Waals surface area contributed by atoms with Crippen molar-refractivity contribution in [1.29, 1.82) is 0 Å². The van der Waals surface area contributed by atoms with E-state index in [1.54, 1.807) is 5.56 Å². The van der Waals surface area contributed by atoms with Gasteiger partial charge < -0.3 is 9.80 Å². The Morgan fingerprint density at radius 1 is 1.06 bits per heavy atom. The molecule has 17 heavy (non-hydrogen) atoms.